The van der Waals surface area contributed by atoms with Crippen LogP contribution in [0.15, 0.2) is 48.3 Å². The number of primary amides is 1. The molecule has 0 saturated carbocycles. The molecule has 0 aromatic heterocycles. The van der Waals surface area contributed by atoms with Crippen LogP contribution >= 0.6 is 7.82 Å². The molecule has 0 saturated heterocycles. The number of carbonyl (C=O) groups excluding carboxylic acids is 5. The fourth-order valence-electron chi connectivity index (χ4n) is 6.17. The monoisotopic (exact) mass is 791 g/mol. The number of phosphoric acid groups is 1. The largest absolute Gasteiger partial charge is 0.475 e. The summed E-state index contributed by atoms with van der Waals surface area (Å²) in [5, 5.41) is 5.88. The molecule has 1 aliphatic rings. The zero-order valence-electron chi connectivity index (χ0n) is 34.1. The Morgan fingerprint density at radius 1 is 1.00 bits per heavy atom. The Labute approximate surface area is 326 Å². The van der Waals surface area contributed by atoms with Crippen LogP contribution in [-0.4, -0.2) is 85.0 Å². The van der Waals surface area contributed by atoms with Crippen molar-refractivity contribution in [3.63, 3.8) is 0 Å². The highest BCUT2D eigenvalue weighted by Gasteiger charge is 2.39. The Morgan fingerprint density at radius 2 is 1.64 bits per heavy atom. The minimum absolute atomic E-state index is 0.0545. The number of allylic oxidation sites excluding steroid dienone is 1. The van der Waals surface area contributed by atoms with E-state index in [9.17, 15) is 28.5 Å². The average Bonchev–Trinajstić information content (AvgIpc) is 3.12. The molecule has 4 N–H and O–H groups in total. The van der Waals surface area contributed by atoms with E-state index in [1.165, 1.54) is 4.90 Å². The number of amides is 4. The van der Waals surface area contributed by atoms with Crippen molar-refractivity contribution in [3.05, 3.63) is 53.9 Å². The van der Waals surface area contributed by atoms with Crippen LogP contribution in [0.2, 0.25) is 0 Å². The van der Waals surface area contributed by atoms with Crippen molar-refractivity contribution in [2.75, 3.05) is 28.0 Å². The van der Waals surface area contributed by atoms with Crippen LogP contribution in [0.1, 0.15) is 99.0 Å². The molecule has 0 fully saturated rings. The normalized spacial score (nSPS) is 15.0. The molecular weight excluding hydrogens is 729 g/mol. The predicted molar refractivity (Wildman–Crippen MR) is 209 cm³/mol. The summed E-state index contributed by atoms with van der Waals surface area (Å²) in [7, 11) is -0.00917. The number of nitrogens with two attached hydrogens (primary N) is 1. The zero-order chi connectivity index (χ0) is 41.6. The van der Waals surface area contributed by atoms with Crippen LogP contribution < -0.4 is 21.1 Å². The third-order valence-corrected chi connectivity index (χ3v) is 10.8. The highest BCUT2D eigenvalue weighted by atomic mass is 31.2. The number of ether oxygens (including phenoxy) is 1. The second kappa shape index (κ2) is 21.3. The molecule has 0 bridgehead atoms. The Hall–Kier alpha value is -4.04. The van der Waals surface area contributed by atoms with Gasteiger partial charge in [0.05, 0.1) is 5.57 Å². The summed E-state index contributed by atoms with van der Waals surface area (Å²) in [4.78, 5) is 70.1. The van der Waals surface area contributed by atoms with Gasteiger partial charge in [0.15, 0.2) is 0 Å². The van der Waals surface area contributed by atoms with Gasteiger partial charge in [-0.05, 0) is 56.5 Å². The van der Waals surface area contributed by atoms with Gasteiger partial charge in [0.25, 0.3) is 0 Å². The molecule has 3 unspecified atom stereocenters. The van der Waals surface area contributed by atoms with E-state index in [2.05, 4.69) is 10.6 Å². The van der Waals surface area contributed by atoms with E-state index >= 15 is 0 Å². The number of esters is 1. The maximum atomic E-state index is 14.5. The van der Waals surface area contributed by atoms with Crippen LogP contribution in [0.25, 0.3) is 0 Å². The Balaban J connectivity index is 2.52. The van der Waals surface area contributed by atoms with Crippen molar-refractivity contribution in [2.24, 2.45) is 17.1 Å². The number of rotatable bonds is 23. The molecule has 3 atom stereocenters. The van der Waals surface area contributed by atoms with Crippen molar-refractivity contribution in [1.29, 1.82) is 0 Å². The second-order valence-electron chi connectivity index (χ2n) is 15.2. The molecule has 1 aromatic carbocycles. The van der Waals surface area contributed by atoms with Crippen molar-refractivity contribution < 1.29 is 46.8 Å². The smallest absolute Gasteiger partial charge is 0.423 e. The number of carbonyl (C=O) groups is 5. The maximum absolute atomic E-state index is 14.5. The van der Waals surface area contributed by atoms with Crippen LogP contribution in [0.3, 0.4) is 0 Å². The lowest BCUT2D eigenvalue weighted by Gasteiger charge is -2.37. The summed E-state index contributed by atoms with van der Waals surface area (Å²) >= 11 is 0. The second-order valence-corrected chi connectivity index (χ2v) is 17.1. The van der Waals surface area contributed by atoms with E-state index in [-0.39, 0.29) is 30.9 Å². The number of hydrogen-bond donors (Lipinski definition) is 3. The number of benzene rings is 1. The van der Waals surface area contributed by atoms with Crippen molar-refractivity contribution in [1.82, 2.24) is 20.4 Å². The van der Waals surface area contributed by atoms with Gasteiger partial charge in [-0.1, -0.05) is 72.1 Å². The van der Waals surface area contributed by atoms with Gasteiger partial charge in [-0.2, -0.15) is 0 Å². The number of phosphoric ester groups is 1. The summed E-state index contributed by atoms with van der Waals surface area (Å²) in [6.45, 7) is 12.0. The highest BCUT2D eigenvalue weighted by molar-refractivity contribution is 7.48. The molecular formula is C39H62N5O10P. The van der Waals surface area contributed by atoms with Crippen LogP contribution in [-0.2, 0) is 48.5 Å². The first-order valence-corrected chi connectivity index (χ1v) is 20.2. The standard InChI is InChI=1S/C39H62N5O10P/c1-11-13-14-17-32(45)44(26-53-55(50,51-9)52-10)31(23-28-18-20-30(21-19-28)54-36(48)29-16-15-22-43(8)24-29)34(46)41-33(27(3)12-2)35(47)42-39(6,7)25-38(4,5)37(40)49/h15,18-22,24,27,31,33H,11-14,16-17,23,25-26H2,1-10H3,(H2,40,49)(H,41,46)(H,42,47). The third kappa shape index (κ3) is 14.9. The van der Waals surface area contributed by atoms with Gasteiger partial charge in [0.1, 0.15) is 24.6 Å². The van der Waals surface area contributed by atoms with Gasteiger partial charge in [-0.15, -0.1) is 0 Å². The molecule has 0 aliphatic carbocycles. The van der Waals surface area contributed by atoms with E-state index in [0.29, 0.717) is 30.4 Å². The molecule has 0 spiro atoms. The average molecular weight is 792 g/mol. The summed E-state index contributed by atoms with van der Waals surface area (Å²) in [6.07, 6.45) is 8.72. The minimum Gasteiger partial charge on any atom is -0.423 e. The molecule has 1 aromatic rings. The number of hydrogen-bond acceptors (Lipinski definition) is 11. The van der Waals surface area contributed by atoms with E-state index in [4.69, 9.17) is 24.0 Å². The van der Waals surface area contributed by atoms with Crippen molar-refractivity contribution in [3.8, 4) is 5.75 Å². The van der Waals surface area contributed by atoms with Gasteiger partial charge in [-0.3, -0.25) is 32.7 Å². The van der Waals surface area contributed by atoms with Gasteiger partial charge < -0.3 is 30.9 Å². The first kappa shape index (κ1) is 47.1. The summed E-state index contributed by atoms with van der Waals surface area (Å²) < 4.78 is 34.0. The van der Waals surface area contributed by atoms with E-state index < -0.39 is 67.2 Å². The molecule has 0 radical (unpaired) electrons. The van der Waals surface area contributed by atoms with Crippen LogP contribution in [0, 0.1) is 11.3 Å². The van der Waals surface area contributed by atoms with Crippen molar-refractivity contribution in [2.45, 2.75) is 117 Å². The van der Waals surface area contributed by atoms with E-state index in [1.807, 2.05) is 40.1 Å². The maximum Gasteiger partial charge on any atom is 0.475 e. The van der Waals surface area contributed by atoms with Gasteiger partial charge in [0.2, 0.25) is 23.6 Å². The van der Waals surface area contributed by atoms with Crippen molar-refractivity contribution >= 4 is 37.4 Å². The fraction of sp³-hybridized carbons (Fsp3) is 0.615. The minimum atomic E-state index is -4.09. The first-order chi connectivity index (χ1) is 25.7. The van der Waals surface area contributed by atoms with Crippen LogP contribution in [0.5, 0.6) is 5.75 Å². The fourth-order valence-corrected chi connectivity index (χ4v) is 6.80. The number of nitrogens with one attached hydrogen (secondary N) is 2. The predicted octanol–water partition coefficient (Wildman–Crippen LogP) is 5.35. The molecule has 1 aliphatic heterocycles. The van der Waals surface area contributed by atoms with Gasteiger partial charge in [0, 0.05) is 57.7 Å². The number of nitrogens with zero attached hydrogens (tertiary/aromatic N) is 2. The first-order valence-electron chi connectivity index (χ1n) is 18.7. The molecule has 15 nitrogen and oxygen atoms in total. The molecule has 308 valence electrons. The Kier molecular flexibility index (Phi) is 18.3. The zero-order valence-corrected chi connectivity index (χ0v) is 35.0. The quantitative estimate of drug-likeness (QED) is 0.0425. The van der Waals surface area contributed by atoms with Crippen LogP contribution in [0.4, 0.5) is 0 Å². The Morgan fingerprint density at radius 3 is 2.18 bits per heavy atom. The Bertz CT molecular complexity index is 1590. The van der Waals surface area contributed by atoms with E-state index in [1.54, 1.807) is 63.1 Å². The third-order valence-electron chi connectivity index (χ3n) is 9.46. The van der Waals surface area contributed by atoms with Gasteiger partial charge in [-0.25, -0.2) is 9.36 Å². The molecule has 55 heavy (non-hydrogen) atoms. The summed E-state index contributed by atoms with van der Waals surface area (Å²) in [6, 6.07) is 4.21. The topological polar surface area (TPSA) is 196 Å². The lowest BCUT2D eigenvalue weighted by molar-refractivity contribution is -0.145. The van der Waals surface area contributed by atoms with E-state index in [0.717, 1.165) is 27.1 Å². The summed E-state index contributed by atoms with van der Waals surface area (Å²) in [5.74, 6) is -2.67. The lowest BCUT2D eigenvalue weighted by atomic mass is 9.79. The molecule has 2 rings (SSSR count). The summed E-state index contributed by atoms with van der Waals surface area (Å²) in [5.41, 5.74) is 4.88. The lowest BCUT2D eigenvalue weighted by Crippen LogP contribution is -2.60. The van der Waals surface area contributed by atoms with Gasteiger partial charge >= 0.3 is 13.8 Å². The highest BCUT2D eigenvalue weighted by Crippen LogP contribution is 2.47. The molecule has 16 heteroatoms. The SMILES string of the molecule is CCCCCC(=O)N(COP(=O)(OC)OC)C(Cc1ccc(OC(=O)C2=CN(C)C=CC2)cc1)C(=O)NC(C(=O)NC(C)(C)CC(C)(C)C(N)=O)C(C)CC. The number of unbranched alkanes of at least 4 members (excludes halogenated alkanes) is 2. The molecule has 1 heterocycles. The molecule has 4 amide bonds.